The summed E-state index contributed by atoms with van der Waals surface area (Å²) in [7, 11) is 0. The molecular formula is C19H25N3O2. The topological polar surface area (TPSA) is 64.4 Å². The third-order valence-electron chi connectivity index (χ3n) is 4.54. The molecule has 0 saturated carbocycles. The van der Waals surface area contributed by atoms with Crippen molar-refractivity contribution in [1.29, 1.82) is 5.26 Å². The SMILES string of the molecule is CCc1ccc(N2CC(C(=O)N(CC)CC(C)C#N)CC2=O)cc1. The quantitative estimate of drug-likeness (QED) is 0.807. The summed E-state index contributed by atoms with van der Waals surface area (Å²) >= 11 is 0. The minimum absolute atomic E-state index is 0.0121. The average Bonchev–Trinajstić information content (AvgIpc) is 3.00. The Morgan fingerprint density at radius 3 is 2.58 bits per heavy atom. The molecule has 0 bridgehead atoms. The van der Waals surface area contributed by atoms with Crippen molar-refractivity contribution in [3.05, 3.63) is 29.8 Å². The predicted octanol–water partition coefficient (Wildman–Crippen LogP) is 2.61. The molecule has 0 spiro atoms. The van der Waals surface area contributed by atoms with Gasteiger partial charge in [-0.25, -0.2) is 0 Å². The summed E-state index contributed by atoms with van der Waals surface area (Å²) < 4.78 is 0. The molecule has 5 heteroatoms. The van der Waals surface area contributed by atoms with E-state index in [9.17, 15) is 9.59 Å². The fraction of sp³-hybridized carbons (Fsp3) is 0.526. The molecule has 2 unspecified atom stereocenters. The first kappa shape index (κ1) is 18.0. The molecule has 1 aliphatic heterocycles. The minimum Gasteiger partial charge on any atom is -0.341 e. The van der Waals surface area contributed by atoms with E-state index < -0.39 is 0 Å². The van der Waals surface area contributed by atoms with E-state index in [-0.39, 0.29) is 30.1 Å². The average molecular weight is 327 g/mol. The van der Waals surface area contributed by atoms with Crippen LogP contribution in [-0.2, 0) is 16.0 Å². The number of amides is 2. The maximum absolute atomic E-state index is 12.7. The van der Waals surface area contributed by atoms with Crippen LogP contribution in [0.1, 0.15) is 32.8 Å². The molecule has 1 aliphatic rings. The van der Waals surface area contributed by atoms with E-state index in [1.165, 1.54) is 5.56 Å². The molecule has 2 amide bonds. The molecule has 1 aromatic carbocycles. The van der Waals surface area contributed by atoms with Gasteiger partial charge in [0, 0.05) is 31.7 Å². The molecular weight excluding hydrogens is 302 g/mol. The van der Waals surface area contributed by atoms with E-state index in [0.717, 1.165) is 12.1 Å². The van der Waals surface area contributed by atoms with E-state index in [1.807, 2.05) is 31.2 Å². The summed E-state index contributed by atoms with van der Waals surface area (Å²) in [6.07, 6.45) is 1.20. The van der Waals surface area contributed by atoms with Gasteiger partial charge in [-0.3, -0.25) is 9.59 Å². The van der Waals surface area contributed by atoms with Crippen LogP contribution in [0, 0.1) is 23.2 Å². The molecule has 2 rings (SSSR count). The van der Waals surface area contributed by atoms with Crippen LogP contribution in [0.4, 0.5) is 5.69 Å². The van der Waals surface area contributed by atoms with Gasteiger partial charge in [-0.15, -0.1) is 0 Å². The van der Waals surface area contributed by atoms with Gasteiger partial charge >= 0.3 is 0 Å². The van der Waals surface area contributed by atoms with Crippen molar-refractivity contribution in [1.82, 2.24) is 4.90 Å². The van der Waals surface area contributed by atoms with Crippen LogP contribution >= 0.6 is 0 Å². The zero-order valence-electron chi connectivity index (χ0n) is 14.7. The van der Waals surface area contributed by atoms with Crippen molar-refractivity contribution in [3.63, 3.8) is 0 Å². The highest BCUT2D eigenvalue weighted by Gasteiger charge is 2.37. The van der Waals surface area contributed by atoms with Crippen LogP contribution < -0.4 is 4.90 Å². The third-order valence-corrected chi connectivity index (χ3v) is 4.54. The smallest absolute Gasteiger partial charge is 0.228 e. The zero-order valence-corrected chi connectivity index (χ0v) is 14.7. The number of hydrogen-bond acceptors (Lipinski definition) is 3. The molecule has 0 aromatic heterocycles. The Labute approximate surface area is 143 Å². The lowest BCUT2D eigenvalue weighted by Gasteiger charge is -2.25. The van der Waals surface area contributed by atoms with Crippen molar-refractivity contribution in [2.45, 2.75) is 33.6 Å². The normalized spacial score (nSPS) is 18.3. The van der Waals surface area contributed by atoms with E-state index >= 15 is 0 Å². The maximum atomic E-state index is 12.7. The Kier molecular flexibility index (Phi) is 5.97. The minimum atomic E-state index is -0.325. The van der Waals surface area contributed by atoms with Crippen LogP contribution in [-0.4, -0.2) is 36.3 Å². The van der Waals surface area contributed by atoms with Gasteiger partial charge < -0.3 is 9.80 Å². The Bertz CT molecular complexity index is 633. The Hall–Kier alpha value is -2.35. The number of anilines is 1. The van der Waals surface area contributed by atoms with Gasteiger partial charge in [0.1, 0.15) is 0 Å². The van der Waals surface area contributed by atoms with Gasteiger partial charge in [0.05, 0.1) is 17.9 Å². The number of nitriles is 1. The monoisotopic (exact) mass is 327 g/mol. The summed E-state index contributed by atoms with van der Waals surface area (Å²) in [6.45, 7) is 7.19. The fourth-order valence-electron chi connectivity index (χ4n) is 3.04. The van der Waals surface area contributed by atoms with Crippen molar-refractivity contribution in [2.24, 2.45) is 11.8 Å². The molecule has 24 heavy (non-hydrogen) atoms. The highest BCUT2D eigenvalue weighted by Crippen LogP contribution is 2.27. The van der Waals surface area contributed by atoms with Gasteiger partial charge in [-0.1, -0.05) is 19.1 Å². The summed E-state index contributed by atoms with van der Waals surface area (Å²) in [4.78, 5) is 28.4. The van der Waals surface area contributed by atoms with Crippen LogP contribution in [0.5, 0.6) is 0 Å². The zero-order chi connectivity index (χ0) is 17.7. The van der Waals surface area contributed by atoms with E-state index in [4.69, 9.17) is 5.26 Å². The number of hydrogen-bond donors (Lipinski definition) is 0. The second-order valence-electron chi connectivity index (χ2n) is 6.33. The maximum Gasteiger partial charge on any atom is 0.228 e. The highest BCUT2D eigenvalue weighted by atomic mass is 16.2. The first-order valence-corrected chi connectivity index (χ1v) is 8.57. The van der Waals surface area contributed by atoms with Gasteiger partial charge in [0.2, 0.25) is 11.8 Å². The number of benzene rings is 1. The third kappa shape index (κ3) is 3.94. The highest BCUT2D eigenvalue weighted by molar-refractivity contribution is 6.00. The van der Waals surface area contributed by atoms with Crippen LogP contribution in [0.25, 0.3) is 0 Å². The molecule has 1 fully saturated rings. The standard InChI is InChI=1S/C19H25N3O2/c1-4-15-6-8-17(9-7-15)22-13-16(10-18(22)23)19(24)21(5-2)12-14(3)11-20/h6-9,14,16H,4-5,10,12-13H2,1-3H3. The lowest BCUT2D eigenvalue weighted by atomic mass is 10.1. The summed E-state index contributed by atoms with van der Waals surface area (Å²) in [5.74, 6) is -0.569. The van der Waals surface area contributed by atoms with Gasteiger partial charge in [0.15, 0.2) is 0 Å². The summed E-state index contributed by atoms with van der Waals surface area (Å²) in [5, 5.41) is 8.95. The van der Waals surface area contributed by atoms with E-state index in [2.05, 4.69) is 13.0 Å². The van der Waals surface area contributed by atoms with Gasteiger partial charge in [-0.05, 0) is 38.0 Å². The Morgan fingerprint density at radius 2 is 2.04 bits per heavy atom. The lowest BCUT2D eigenvalue weighted by Crippen LogP contribution is -2.39. The van der Waals surface area contributed by atoms with Crippen LogP contribution in [0.2, 0.25) is 0 Å². The molecule has 0 N–H and O–H groups in total. The first-order valence-electron chi connectivity index (χ1n) is 8.57. The Balaban J connectivity index is 2.07. The first-order chi connectivity index (χ1) is 11.5. The van der Waals surface area contributed by atoms with Gasteiger partial charge in [-0.2, -0.15) is 5.26 Å². The number of rotatable bonds is 6. The largest absolute Gasteiger partial charge is 0.341 e. The molecule has 1 saturated heterocycles. The van der Waals surface area contributed by atoms with Crippen LogP contribution in [0.15, 0.2) is 24.3 Å². The number of nitrogens with zero attached hydrogens (tertiary/aromatic N) is 3. The molecule has 0 aliphatic carbocycles. The summed E-state index contributed by atoms with van der Waals surface area (Å²) in [6, 6.07) is 10.1. The van der Waals surface area contributed by atoms with E-state index in [1.54, 1.807) is 16.7 Å². The number of carbonyl (C=O) groups excluding carboxylic acids is 2. The second kappa shape index (κ2) is 7.96. The summed E-state index contributed by atoms with van der Waals surface area (Å²) in [5.41, 5.74) is 2.07. The van der Waals surface area contributed by atoms with Crippen molar-refractivity contribution in [3.8, 4) is 6.07 Å². The fourth-order valence-corrected chi connectivity index (χ4v) is 3.04. The number of aryl methyl sites for hydroxylation is 1. The van der Waals surface area contributed by atoms with Crippen LogP contribution in [0.3, 0.4) is 0 Å². The van der Waals surface area contributed by atoms with Crippen molar-refractivity contribution in [2.75, 3.05) is 24.5 Å². The predicted molar refractivity (Wildman–Crippen MR) is 93.3 cm³/mol. The molecule has 5 nitrogen and oxygen atoms in total. The molecule has 0 radical (unpaired) electrons. The lowest BCUT2D eigenvalue weighted by molar-refractivity contribution is -0.136. The Morgan fingerprint density at radius 1 is 1.38 bits per heavy atom. The second-order valence-corrected chi connectivity index (χ2v) is 6.33. The van der Waals surface area contributed by atoms with Crippen molar-refractivity contribution >= 4 is 17.5 Å². The molecule has 1 aromatic rings. The van der Waals surface area contributed by atoms with E-state index in [0.29, 0.717) is 19.6 Å². The number of carbonyl (C=O) groups is 2. The van der Waals surface area contributed by atoms with Gasteiger partial charge in [0.25, 0.3) is 0 Å². The molecule has 128 valence electrons. The molecule has 2 atom stereocenters. The molecule has 1 heterocycles. The van der Waals surface area contributed by atoms with Crippen molar-refractivity contribution < 1.29 is 9.59 Å².